The molecule has 0 saturated carbocycles. The van der Waals surface area contributed by atoms with Crippen molar-refractivity contribution in [2.24, 2.45) is 5.92 Å². The van der Waals surface area contributed by atoms with Gasteiger partial charge in [-0.15, -0.1) is 0 Å². The summed E-state index contributed by atoms with van der Waals surface area (Å²) in [6.07, 6.45) is -3.16. The first-order valence-corrected chi connectivity index (χ1v) is 13.2. The van der Waals surface area contributed by atoms with Crippen LogP contribution in [0.2, 0.25) is 0 Å². The Kier molecular flexibility index (Phi) is 8.02. The predicted molar refractivity (Wildman–Crippen MR) is 137 cm³/mol. The molecule has 0 aromatic heterocycles. The number of anilines is 1. The number of alkyl halides is 3. The van der Waals surface area contributed by atoms with Gasteiger partial charge in [-0.2, -0.15) is 13.2 Å². The summed E-state index contributed by atoms with van der Waals surface area (Å²) < 4.78 is 45.7. The minimum Gasteiger partial charge on any atom is -0.379 e. The summed E-state index contributed by atoms with van der Waals surface area (Å²) in [5, 5.41) is 3.09. The Morgan fingerprint density at radius 1 is 0.973 bits per heavy atom. The molecular formula is C28H35F3N4O2. The summed E-state index contributed by atoms with van der Waals surface area (Å²) in [5.41, 5.74) is 2.06. The first kappa shape index (κ1) is 26.0. The number of benzene rings is 2. The van der Waals surface area contributed by atoms with Crippen LogP contribution < -0.4 is 10.2 Å². The van der Waals surface area contributed by atoms with Crippen molar-refractivity contribution in [3.8, 4) is 0 Å². The van der Waals surface area contributed by atoms with Crippen LogP contribution in [0.15, 0.2) is 48.5 Å². The Morgan fingerprint density at radius 3 is 2.51 bits per heavy atom. The van der Waals surface area contributed by atoms with Crippen LogP contribution in [0, 0.1) is 5.92 Å². The molecule has 0 bridgehead atoms. The van der Waals surface area contributed by atoms with E-state index in [4.69, 9.17) is 4.74 Å². The highest BCUT2D eigenvalue weighted by Gasteiger charge is 2.42. The average Bonchev–Trinajstić information content (AvgIpc) is 2.91. The number of amides is 1. The highest BCUT2D eigenvalue weighted by atomic mass is 19.4. The van der Waals surface area contributed by atoms with E-state index in [1.54, 1.807) is 6.07 Å². The molecule has 0 spiro atoms. The van der Waals surface area contributed by atoms with Gasteiger partial charge in [0.1, 0.15) is 0 Å². The van der Waals surface area contributed by atoms with E-state index in [9.17, 15) is 18.0 Å². The lowest BCUT2D eigenvalue weighted by atomic mass is 9.82. The number of morpholine rings is 1. The van der Waals surface area contributed by atoms with Gasteiger partial charge in [0, 0.05) is 58.0 Å². The fraction of sp³-hybridized carbons (Fsp3) is 0.536. The van der Waals surface area contributed by atoms with Crippen molar-refractivity contribution < 1.29 is 22.7 Å². The van der Waals surface area contributed by atoms with Crippen LogP contribution in [0.5, 0.6) is 0 Å². The molecule has 5 rings (SSSR count). The molecule has 37 heavy (non-hydrogen) atoms. The van der Waals surface area contributed by atoms with Gasteiger partial charge in [0.2, 0.25) is 5.91 Å². The van der Waals surface area contributed by atoms with Gasteiger partial charge < -0.3 is 15.0 Å². The Balaban J connectivity index is 1.30. The molecule has 200 valence electrons. The number of hydrogen-bond donors (Lipinski definition) is 1. The Bertz CT molecular complexity index is 1060. The number of carbonyl (C=O) groups excluding carboxylic acids is 1. The molecule has 3 aliphatic rings. The van der Waals surface area contributed by atoms with Gasteiger partial charge in [0.15, 0.2) is 0 Å². The largest absolute Gasteiger partial charge is 0.416 e. The summed E-state index contributed by atoms with van der Waals surface area (Å²) in [6, 6.07) is 14.3. The van der Waals surface area contributed by atoms with Crippen molar-refractivity contribution >= 4 is 11.6 Å². The van der Waals surface area contributed by atoms with Crippen LogP contribution >= 0.6 is 0 Å². The number of fused-ring (bicyclic) bond motifs is 3. The van der Waals surface area contributed by atoms with Gasteiger partial charge in [-0.05, 0) is 42.2 Å². The zero-order valence-corrected chi connectivity index (χ0v) is 21.1. The van der Waals surface area contributed by atoms with Crippen molar-refractivity contribution in [3.05, 3.63) is 65.2 Å². The van der Waals surface area contributed by atoms with Crippen molar-refractivity contribution in [2.45, 2.75) is 25.1 Å². The van der Waals surface area contributed by atoms with Gasteiger partial charge in [0.05, 0.1) is 30.7 Å². The Morgan fingerprint density at radius 2 is 1.76 bits per heavy atom. The summed E-state index contributed by atoms with van der Waals surface area (Å²) >= 11 is 0. The Labute approximate surface area is 216 Å². The van der Waals surface area contributed by atoms with Crippen LogP contribution in [0.3, 0.4) is 0 Å². The Hall–Kier alpha value is -2.62. The molecule has 6 nitrogen and oxygen atoms in total. The molecule has 9 heteroatoms. The number of halogens is 3. The van der Waals surface area contributed by atoms with Crippen LogP contribution in [0.4, 0.5) is 18.9 Å². The van der Waals surface area contributed by atoms with Gasteiger partial charge >= 0.3 is 6.18 Å². The molecule has 0 aliphatic carbocycles. The van der Waals surface area contributed by atoms with E-state index < -0.39 is 17.7 Å². The molecule has 2 fully saturated rings. The molecule has 3 aliphatic heterocycles. The summed E-state index contributed by atoms with van der Waals surface area (Å²) in [7, 11) is 0. The van der Waals surface area contributed by atoms with Gasteiger partial charge in [-0.3, -0.25) is 14.6 Å². The number of piperazine rings is 1. The van der Waals surface area contributed by atoms with Crippen molar-refractivity contribution in [1.82, 2.24) is 15.1 Å². The molecule has 2 aromatic rings. The maximum absolute atomic E-state index is 13.5. The van der Waals surface area contributed by atoms with E-state index in [0.717, 1.165) is 51.4 Å². The number of rotatable bonds is 7. The zero-order valence-electron chi connectivity index (χ0n) is 21.1. The smallest absolute Gasteiger partial charge is 0.379 e. The van der Waals surface area contributed by atoms with Gasteiger partial charge in [0.25, 0.3) is 0 Å². The lowest BCUT2D eigenvalue weighted by Gasteiger charge is -2.49. The van der Waals surface area contributed by atoms with Gasteiger partial charge in [-0.25, -0.2) is 0 Å². The molecule has 0 radical (unpaired) electrons. The monoisotopic (exact) mass is 516 g/mol. The maximum atomic E-state index is 13.5. The van der Waals surface area contributed by atoms with Gasteiger partial charge in [-0.1, -0.05) is 30.3 Å². The normalized spacial score (nSPS) is 22.8. The second-order valence-corrected chi connectivity index (χ2v) is 10.2. The topological polar surface area (TPSA) is 48.1 Å². The van der Waals surface area contributed by atoms with E-state index in [1.165, 1.54) is 17.7 Å². The molecule has 1 N–H and O–H groups in total. The van der Waals surface area contributed by atoms with Crippen molar-refractivity contribution in [2.75, 3.05) is 70.5 Å². The standard InChI is InChI=1S/C28H35F3N4O2/c29-28(30,31)23-6-7-25-22(18-23)19-24(27(36)32-9-11-33-14-16-37-17-15-33)26-20-34(12-13-35(25)26)10-8-21-4-2-1-3-5-21/h1-7,18,24,26H,8-17,19-20H2,(H,32,36)/t24-,26+/m0/s1. The summed E-state index contributed by atoms with van der Waals surface area (Å²) in [4.78, 5) is 20.3. The van der Waals surface area contributed by atoms with E-state index in [-0.39, 0.29) is 11.9 Å². The highest BCUT2D eigenvalue weighted by molar-refractivity contribution is 5.82. The SMILES string of the molecule is O=C(NCCN1CCOCC1)[C@H]1Cc2cc(C(F)(F)F)ccc2N2CCN(CCc3ccccc3)C[C@H]12. The number of hydrogen-bond acceptors (Lipinski definition) is 5. The fourth-order valence-corrected chi connectivity index (χ4v) is 5.79. The van der Waals surface area contributed by atoms with E-state index >= 15 is 0 Å². The number of nitrogens with one attached hydrogen (secondary N) is 1. The van der Waals surface area contributed by atoms with Crippen LogP contribution in [0.1, 0.15) is 16.7 Å². The molecule has 2 atom stereocenters. The third kappa shape index (κ3) is 6.27. The lowest BCUT2D eigenvalue weighted by Crippen LogP contribution is -2.61. The van der Waals surface area contributed by atoms with Crippen molar-refractivity contribution in [3.63, 3.8) is 0 Å². The van der Waals surface area contributed by atoms with E-state index in [2.05, 4.69) is 32.1 Å². The molecule has 1 amide bonds. The second-order valence-electron chi connectivity index (χ2n) is 10.2. The maximum Gasteiger partial charge on any atom is 0.416 e. The van der Waals surface area contributed by atoms with E-state index in [0.29, 0.717) is 38.3 Å². The second kappa shape index (κ2) is 11.4. The summed E-state index contributed by atoms with van der Waals surface area (Å²) in [6.45, 7) is 7.47. The average molecular weight is 517 g/mol. The quantitative estimate of drug-likeness (QED) is 0.613. The molecular weight excluding hydrogens is 481 g/mol. The van der Waals surface area contributed by atoms with Crippen LogP contribution in [0.25, 0.3) is 0 Å². The minimum absolute atomic E-state index is 0.0721. The number of ether oxygens (including phenoxy) is 1. The molecule has 3 heterocycles. The molecule has 2 aromatic carbocycles. The number of nitrogens with zero attached hydrogens (tertiary/aromatic N) is 3. The zero-order chi connectivity index (χ0) is 25.8. The highest BCUT2D eigenvalue weighted by Crippen LogP contribution is 2.39. The first-order chi connectivity index (χ1) is 17.9. The summed E-state index contributed by atoms with van der Waals surface area (Å²) in [5.74, 6) is -0.476. The minimum atomic E-state index is -4.40. The first-order valence-electron chi connectivity index (χ1n) is 13.2. The number of carbonyl (C=O) groups is 1. The predicted octanol–water partition coefficient (Wildman–Crippen LogP) is 3.06. The lowest BCUT2D eigenvalue weighted by molar-refractivity contribution is -0.137. The molecule has 2 saturated heterocycles. The molecule has 0 unspecified atom stereocenters. The van der Waals surface area contributed by atoms with E-state index in [1.807, 2.05) is 18.2 Å². The van der Waals surface area contributed by atoms with Crippen LogP contribution in [-0.4, -0.2) is 87.3 Å². The third-order valence-electron chi connectivity index (χ3n) is 7.85. The third-order valence-corrected chi connectivity index (χ3v) is 7.85. The van der Waals surface area contributed by atoms with Crippen molar-refractivity contribution in [1.29, 1.82) is 0 Å². The fourth-order valence-electron chi connectivity index (χ4n) is 5.79. The van der Waals surface area contributed by atoms with Crippen LogP contribution in [-0.2, 0) is 28.5 Å².